The van der Waals surface area contributed by atoms with E-state index in [9.17, 15) is 0 Å². The monoisotopic (exact) mass is 210 g/mol. The van der Waals surface area contributed by atoms with Crippen LogP contribution in [-0.4, -0.2) is 0 Å². The second kappa shape index (κ2) is 3.67. The van der Waals surface area contributed by atoms with Crippen LogP contribution in [0.25, 0.3) is 0 Å². The van der Waals surface area contributed by atoms with Crippen LogP contribution in [0.4, 0.5) is 0 Å². The minimum Gasteiger partial charge on any atom is -0.468 e. The molecule has 1 heteroatoms. The molecule has 0 amide bonds. The summed E-state index contributed by atoms with van der Waals surface area (Å²) in [7, 11) is 0. The van der Waals surface area contributed by atoms with Crippen LogP contribution in [0.2, 0.25) is 0 Å². The number of hydrogen-bond acceptors (Lipinski definition) is 1. The zero-order chi connectivity index (χ0) is 11.0. The summed E-state index contributed by atoms with van der Waals surface area (Å²) in [4.78, 5) is 0. The fourth-order valence-corrected chi connectivity index (χ4v) is 2.42. The van der Waals surface area contributed by atoms with E-state index in [1.165, 1.54) is 16.7 Å². The SMILES string of the molecule is CC1=CC2=C(C=CC=CC2c2ccco2)C1. The third-order valence-electron chi connectivity index (χ3n) is 3.14. The Hall–Kier alpha value is -1.76. The molecule has 1 nitrogen and oxygen atoms in total. The molecule has 0 saturated heterocycles. The lowest BCUT2D eigenvalue weighted by atomic mass is 9.94. The maximum absolute atomic E-state index is 5.53. The van der Waals surface area contributed by atoms with E-state index in [0.717, 1.165) is 12.2 Å². The first kappa shape index (κ1) is 9.46. The van der Waals surface area contributed by atoms with E-state index in [-0.39, 0.29) is 5.92 Å². The van der Waals surface area contributed by atoms with Gasteiger partial charge in [0, 0.05) is 0 Å². The van der Waals surface area contributed by atoms with Crippen LogP contribution in [0.5, 0.6) is 0 Å². The first-order chi connectivity index (χ1) is 7.84. The third kappa shape index (κ3) is 1.49. The zero-order valence-electron chi connectivity index (χ0n) is 9.31. The van der Waals surface area contributed by atoms with Crippen LogP contribution >= 0.6 is 0 Å². The van der Waals surface area contributed by atoms with Crippen LogP contribution in [0.15, 0.2) is 69.9 Å². The molecule has 1 unspecified atom stereocenters. The second-order valence-corrected chi connectivity index (χ2v) is 4.39. The molecule has 0 N–H and O–H groups in total. The molecule has 1 aromatic heterocycles. The first-order valence-corrected chi connectivity index (χ1v) is 5.63. The zero-order valence-corrected chi connectivity index (χ0v) is 9.31. The maximum atomic E-state index is 5.53. The Morgan fingerprint density at radius 2 is 2.25 bits per heavy atom. The highest BCUT2D eigenvalue weighted by Crippen LogP contribution is 2.38. The average molecular weight is 210 g/mol. The van der Waals surface area contributed by atoms with Gasteiger partial charge in [0.25, 0.3) is 0 Å². The summed E-state index contributed by atoms with van der Waals surface area (Å²) in [5.41, 5.74) is 4.24. The molecule has 0 bridgehead atoms. The maximum Gasteiger partial charge on any atom is 0.115 e. The van der Waals surface area contributed by atoms with Crippen molar-refractivity contribution < 1.29 is 4.42 Å². The van der Waals surface area contributed by atoms with Crippen LogP contribution < -0.4 is 0 Å². The third-order valence-corrected chi connectivity index (χ3v) is 3.14. The topological polar surface area (TPSA) is 13.1 Å². The van der Waals surface area contributed by atoms with E-state index < -0.39 is 0 Å². The van der Waals surface area contributed by atoms with Crippen LogP contribution in [0.1, 0.15) is 25.0 Å². The molecule has 80 valence electrons. The molecule has 0 spiro atoms. The second-order valence-electron chi connectivity index (χ2n) is 4.39. The molecule has 0 aliphatic heterocycles. The summed E-state index contributed by atoms with van der Waals surface area (Å²) in [6, 6.07) is 4.00. The number of allylic oxidation sites excluding steroid dienone is 8. The molecule has 3 rings (SSSR count). The molecule has 2 aliphatic carbocycles. The first-order valence-electron chi connectivity index (χ1n) is 5.63. The lowest BCUT2D eigenvalue weighted by Crippen LogP contribution is -1.96. The van der Waals surface area contributed by atoms with E-state index in [4.69, 9.17) is 4.42 Å². The van der Waals surface area contributed by atoms with Gasteiger partial charge in [0.15, 0.2) is 0 Å². The normalized spacial score (nSPS) is 23.3. The van der Waals surface area contributed by atoms with Gasteiger partial charge < -0.3 is 4.42 Å². The Kier molecular flexibility index (Phi) is 2.17. The Labute approximate surface area is 95.5 Å². The van der Waals surface area contributed by atoms with Crippen molar-refractivity contribution in [1.29, 1.82) is 0 Å². The Balaban J connectivity index is 2.08. The summed E-state index contributed by atoms with van der Waals surface area (Å²) in [6.07, 6.45) is 13.7. The number of rotatable bonds is 1. The van der Waals surface area contributed by atoms with Crippen molar-refractivity contribution in [3.8, 4) is 0 Å². The van der Waals surface area contributed by atoms with E-state index in [0.29, 0.717) is 0 Å². The minimum absolute atomic E-state index is 0.275. The largest absolute Gasteiger partial charge is 0.468 e. The van der Waals surface area contributed by atoms with Gasteiger partial charge in [0.2, 0.25) is 0 Å². The van der Waals surface area contributed by atoms with Crippen LogP contribution in [0.3, 0.4) is 0 Å². The molecule has 1 aromatic rings. The summed E-state index contributed by atoms with van der Waals surface area (Å²) < 4.78 is 5.53. The Bertz CT molecular complexity index is 510. The summed E-state index contributed by atoms with van der Waals surface area (Å²) in [5.74, 6) is 1.30. The molecular formula is C15H14O. The molecule has 1 atom stereocenters. The average Bonchev–Trinajstić information content (AvgIpc) is 2.86. The van der Waals surface area contributed by atoms with Gasteiger partial charge in [-0.15, -0.1) is 0 Å². The van der Waals surface area contributed by atoms with Crippen molar-refractivity contribution in [3.63, 3.8) is 0 Å². The molecule has 0 fully saturated rings. The van der Waals surface area contributed by atoms with Crippen molar-refractivity contribution in [1.82, 2.24) is 0 Å². The van der Waals surface area contributed by atoms with Gasteiger partial charge in [-0.1, -0.05) is 36.0 Å². The fourth-order valence-electron chi connectivity index (χ4n) is 2.42. The van der Waals surface area contributed by atoms with Crippen molar-refractivity contribution in [3.05, 3.63) is 71.3 Å². The van der Waals surface area contributed by atoms with E-state index in [2.05, 4.69) is 37.3 Å². The van der Waals surface area contributed by atoms with Gasteiger partial charge in [0.05, 0.1) is 12.2 Å². The van der Waals surface area contributed by atoms with Gasteiger partial charge in [0.1, 0.15) is 5.76 Å². The minimum atomic E-state index is 0.275. The van der Waals surface area contributed by atoms with E-state index in [1.54, 1.807) is 6.26 Å². The molecule has 0 saturated carbocycles. The quantitative estimate of drug-likeness (QED) is 0.679. The van der Waals surface area contributed by atoms with Gasteiger partial charge in [-0.25, -0.2) is 0 Å². The van der Waals surface area contributed by atoms with E-state index in [1.807, 2.05) is 12.1 Å². The summed E-state index contributed by atoms with van der Waals surface area (Å²) in [5, 5.41) is 0. The lowest BCUT2D eigenvalue weighted by molar-refractivity contribution is 0.506. The van der Waals surface area contributed by atoms with Crippen LogP contribution in [-0.2, 0) is 0 Å². The van der Waals surface area contributed by atoms with Gasteiger partial charge >= 0.3 is 0 Å². The standard InChI is InChI=1S/C15H14O/c1-11-9-12-5-2-3-6-13(14(12)10-11)15-7-4-8-16-15/h2-8,10,13H,9H2,1H3. The highest BCUT2D eigenvalue weighted by Gasteiger charge is 2.22. The van der Waals surface area contributed by atoms with Gasteiger partial charge in [-0.2, -0.15) is 0 Å². The summed E-state index contributed by atoms with van der Waals surface area (Å²) in [6.45, 7) is 2.19. The van der Waals surface area contributed by atoms with Gasteiger partial charge in [-0.3, -0.25) is 0 Å². The Morgan fingerprint density at radius 1 is 1.31 bits per heavy atom. The molecule has 1 heterocycles. The number of hydrogen-bond donors (Lipinski definition) is 0. The molecule has 0 radical (unpaired) electrons. The predicted molar refractivity (Wildman–Crippen MR) is 65.1 cm³/mol. The molecule has 2 aliphatic rings. The van der Waals surface area contributed by atoms with Crippen molar-refractivity contribution in [2.45, 2.75) is 19.3 Å². The van der Waals surface area contributed by atoms with Crippen LogP contribution in [0, 0.1) is 0 Å². The van der Waals surface area contributed by atoms with Gasteiger partial charge in [-0.05, 0) is 36.6 Å². The molecule has 16 heavy (non-hydrogen) atoms. The smallest absolute Gasteiger partial charge is 0.115 e. The highest BCUT2D eigenvalue weighted by atomic mass is 16.3. The molecule has 0 aromatic carbocycles. The van der Waals surface area contributed by atoms with Crippen molar-refractivity contribution in [2.24, 2.45) is 0 Å². The van der Waals surface area contributed by atoms with Crippen molar-refractivity contribution in [2.75, 3.05) is 0 Å². The lowest BCUT2D eigenvalue weighted by Gasteiger charge is -2.10. The fraction of sp³-hybridized carbons (Fsp3) is 0.200. The number of furan rings is 1. The summed E-state index contributed by atoms with van der Waals surface area (Å²) >= 11 is 0. The molecular weight excluding hydrogens is 196 g/mol. The van der Waals surface area contributed by atoms with Crippen molar-refractivity contribution >= 4 is 0 Å². The highest BCUT2D eigenvalue weighted by molar-refractivity contribution is 5.52. The predicted octanol–water partition coefficient (Wildman–Crippen LogP) is 4.14. The Morgan fingerprint density at radius 3 is 3.06 bits per heavy atom. The van der Waals surface area contributed by atoms with E-state index >= 15 is 0 Å².